The molecule has 0 spiro atoms. The third-order valence-electron chi connectivity index (χ3n) is 4.88. The number of ether oxygens (including phenoxy) is 2. The molecule has 0 bridgehead atoms. The van der Waals surface area contributed by atoms with Crippen molar-refractivity contribution in [2.45, 2.75) is 12.5 Å². The molecule has 9 nitrogen and oxygen atoms in total. The predicted molar refractivity (Wildman–Crippen MR) is 107 cm³/mol. The van der Waals surface area contributed by atoms with Crippen LogP contribution in [0.1, 0.15) is 6.42 Å². The molecule has 3 aromatic heterocycles. The Morgan fingerprint density at radius 1 is 1.27 bits per heavy atom. The van der Waals surface area contributed by atoms with Crippen molar-refractivity contribution in [3.8, 4) is 17.5 Å². The van der Waals surface area contributed by atoms with E-state index in [0.717, 1.165) is 11.8 Å². The molecule has 1 amide bonds. The first-order valence-corrected chi connectivity index (χ1v) is 9.41. The van der Waals surface area contributed by atoms with Crippen molar-refractivity contribution in [1.82, 2.24) is 25.0 Å². The van der Waals surface area contributed by atoms with Crippen LogP contribution in [0, 0.1) is 0 Å². The summed E-state index contributed by atoms with van der Waals surface area (Å²) in [5.41, 5.74) is 1.72. The number of carbonyl (C=O) groups is 1. The summed E-state index contributed by atoms with van der Waals surface area (Å²) < 4.78 is 17.1. The lowest BCUT2D eigenvalue weighted by molar-refractivity contribution is -0.125. The fraction of sp³-hybridized carbons (Fsp3) is 0.190. The number of amides is 1. The highest BCUT2D eigenvalue weighted by molar-refractivity contribution is 5.87. The Balaban J connectivity index is 1.39. The van der Waals surface area contributed by atoms with E-state index in [9.17, 15) is 4.79 Å². The number of hydrogen-bond acceptors (Lipinski definition) is 8. The van der Waals surface area contributed by atoms with Crippen LogP contribution in [0.15, 0.2) is 60.0 Å². The molecule has 0 saturated carbocycles. The maximum Gasteiger partial charge on any atom is 0.249 e. The van der Waals surface area contributed by atoms with E-state index in [1.807, 2.05) is 6.07 Å². The van der Waals surface area contributed by atoms with Crippen LogP contribution in [-0.2, 0) is 4.79 Å². The molecule has 0 N–H and O–H groups in total. The topological polar surface area (TPSA) is 103 Å². The average molecular weight is 403 g/mol. The van der Waals surface area contributed by atoms with E-state index < -0.39 is 0 Å². The van der Waals surface area contributed by atoms with Crippen LogP contribution in [0.2, 0.25) is 0 Å². The monoisotopic (exact) mass is 403 g/mol. The maximum atomic E-state index is 11.8. The largest absolute Gasteiger partial charge is 0.472 e. The molecule has 0 radical (unpaired) electrons. The van der Waals surface area contributed by atoms with Crippen molar-refractivity contribution in [3.63, 3.8) is 0 Å². The minimum absolute atomic E-state index is 0.0969. The summed E-state index contributed by atoms with van der Waals surface area (Å²) in [6.07, 6.45) is 4.96. The fourth-order valence-corrected chi connectivity index (χ4v) is 3.38. The second kappa shape index (κ2) is 7.43. The van der Waals surface area contributed by atoms with Crippen LogP contribution >= 0.6 is 0 Å². The molecule has 1 aliphatic rings. The van der Waals surface area contributed by atoms with Crippen LogP contribution in [0.5, 0.6) is 17.5 Å². The minimum Gasteiger partial charge on any atom is -0.472 e. The Morgan fingerprint density at radius 2 is 2.20 bits per heavy atom. The summed E-state index contributed by atoms with van der Waals surface area (Å²) in [5, 5.41) is 4.65. The van der Waals surface area contributed by atoms with Gasteiger partial charge in [0.15, 0.2) is 11.1 Å². The number of pyridine rings is 1. The molecule has 4 aromatic rings. The molecule has 150 valence electrons. The normalized spacial score (nSPS) is 16.1. The number of carbonyl (C=O) groups excluding carboxylic acids is 1. The number of hydrogen-bond donors (Lipinski definition) is 0. The third kappa shape index (κ3) is 3.41. The van der Waals surface area contributed by atoms with Gasteiger partial charge in [-0.05, 0) is 24.3 Å². The summed E-state index contributed by atoms with van der Waals surface area (Å²) in [7, 11) is 0. The second-order valence-corrected chi connectivity index (χ2v) is 6.84. The van der Waals surface area contributed by atoms with E-state index in [1.54, 1.807) is 35.4 Å². The van der Waals surface area contributed by atoms with Crippen molar-refractivity contribution in [2.24, 2.45) is 0 Å². The summed E-state index contributed by atoms with van der Waals surface area (Å²) in [5.74, 6) is 1.17. The Bertz CT molecular complexity index is 1250. The van der Waals surface area contributed by atoms with Gasteiger partial charge in [0.1, 0.15) is 18.2 Å². The van der Waals surface area contributed by atoms with E-state index in [0.29, 0.717) is 47.2 Å². The zero-order valence-corrected chi connectivity index (χ0v) is 15.9. The van der Waals surface area contributed by atoms with Gasteiger partial charge in [-0.1, -0.05) is 11.7 Å². The Morgan fingerprint density at radius 3 is 3.10 bits per heavy atom. The SMILES string of the molecule is C=CC(=O)N1CC[C@H](Oc2ccc3ncnc(Oc4ccc5cnoc5c4)c3n2)C1. The first-order chi connectivity index (χ1) is 14.7. The quantitative estimate of drug-likeness (QED) is 0.468. The number of fused-ring (bicyclic) bond motifs is 2. The summed E-state index contributed by atoms with van der Waals surface area (Å²) in [6, 6.07) is 8.94. The molecule has 0 aliphatic carbocycles. The molecule has 1 fully saturated rings. The van der Waals surface area contributed by atoms with Gasteiger partial charge in [-0.3, -0.25) is 4.79 Å². The van der Waals surface area contributed by atoms with Crippen LogP contribution in [-0.4, -0.2) is 50.1 Å². The van der Waals surface area contributed by atoms with Gasteiger partial charge in [0.25, 0.3) is 0 Å². The highest BCUT2D eigenvalue weighted by Crippen LogP contribution is 2.29. The average Bonchev–Trinajstić information content (AvgIpc) is 3.43. The Kier molecular flexibility index (Phi) is 4.47. The van der Waals surface area contributed by atoms with Gasteiger partial charge >= 0.3 is 0 Å². The summed E-state index contributed by atoms with van der Waals surface area (Å²) in [6.45, 7) is 4.65. The van der Waals surface area contributed by atoms with Gasteiger partial charge in [-0.2, -0.15) is 4.98 Å². The molecule has 9 heteroatoms. The number of benzene rings is 1. The molecule has 30 heavy (non-hydrogen) atoms. The summed E-state index contributed by atoms with van der Waals surface area (Å²) >= 11 is 0. The Labute approximate surface area is 170 Å². The number of nitrogens with zero attached hydrogens (tertiary/aromatic N) is 5. The maximum absolute atomic E-state index is 11.8. The van der Waals surface area contributed by atoms with Gasteiger partial charge in [-0.15, -0.1) is 0 Å². The van der Waals surface area contributed by atoms with Gasteiger partial charge in [0.2, 0.25) is 17.7 Å². The van der Waals surface area contributed by atoms with Crippen LogP contribution in [0.3, 0.4) is 0 Å². The van der Waals surface area contributed by atoms with E-state index in [-0.39, 0.29) is 12.0 Å². The van der Waals surface area contributed by atoms with E-state index in [2.05, 4.69) is 26.7 Å². The first kappa shape index (κ1) is 18.0. The molecule has 1 aliphatic heterocycles. The van der Waals surface area contributed by atoms with Crippen LogP contribution < -0.4 is 9.47 Å². The predicted octanol–water partition coefficient (Wildman–Crippen LogP) is 3.12. The molecule has 1 saturated heterocycles. The fourth-order valence-electron chi connectivity index (χ4n) is 3.38. The zero-order valence-electron chi connectivity index (χ0n) is 15.9. The van der Waals surface area contributed by atoms with Gasteiger partial charge < -0.3 is 18.9 Å². The molecule has 5 rings (SSSR count). The highest BCUT2D eigenvalue weighted by atomic mass is 16.5. The van der Waals surface area contributed by atoms with Gasteiger partial charge in [0, 0.05) is 30.5 Å². The number of rotatable bonds is 5. The molecular weight excluding hydrogens is 386 g/mol. The number of aromatic nitrogens is 4. The van der Waals surface area contributed by atoms with Crippen LogP contribution in [0.4, 0.5) is 0 Å². The molecule has 1 atom stereocenters. The van der Waals surface area contributed by atoms with Gasteiger partial charge in [0.05, 0.1) is 18.3 Å². The standard InChI is InChI=1S/C21H17N5O4/c1-2-19(27)26-8-7-15(11-26)28-18-6-5-16-20(25-18)21(23-12-22-16)29-14-4-3-13-10-24-30-17(13)9-14/h2-6,9-10,12,15H,1,7-8,11H2/t15-/m0/s1. The van der Waals surface area contributed by atoms with Crippen molar-refractivity contribution in [2.75, 3.05) is 13.1 Å². The lowest BCUT2D eigenvalue weighted by Gasteiger charge is -2.15. The molecule has 1 aromatic carbocycles. The van der Waals surface area contributed by atoms with Crippen molar-refractivity contribution in [1.29, 1.82) is 0 Å². The summed E-state index contributed by atoms with van der Waals surface area (Å²) in [4.78, 5) is 26.5. The molecule has 0 unspecified atom stereocenters. The third-order valence-corrected chi connectivity index (χ3v) is 4.88. The van der Waals surface area contributed by atoms with E-state index in [1.165, 1.54) is 12.4 Å². The Hall–Kier alpha value is -4.01. The lowest BCUT2D eigenvalue weighted by Crippen LogP contribution is -2.29. The molecular formula is C21H17N5O4. The van der Waals surface area contributed by atoms with E-state index >= 15 is 0 Å². The van der Waals surface area contributed by atoms with E-state index in [4.69, 9.17) is 14.0 Å². The van der Waals surface area contributed by atoms with Crippen molar-refractivity contribution < 1.29 is 18.8 Å². The van der Waals surface area contributed by atoms with Gasteiger partial charge in [-0.25, -0.2) is 9.97 Å². The molecule has 4 heterocycles. The zero-order chi connectivity index (χ0) is 20.5. The number of likely N-dealkylation sites (tertiary alicyclic amines) is 1. The van der Waals surface area contributed by atoms with Crippen LogP contribution in [0.25, 0.3) is 22.0 Å². The minimum atomic E-state index is -0.137. The smallest absolute Gasteiger partial charge is 0.249 e. The van der Waals surface area contributed by atoms with Crippen molar-refractivity contribution >= 4 is 27.9 Å². The first-order valence-electron chi connectivity index (χ1n) is 9.41. The highest BCUT2D eigenvalue weighted by Gasteiger charge is 2.26. The van der Waals surface area contributed by atoms with Crippen molar-refractivity contribution in [3.05, 3.63) is 55.5 Å². The second-order valence-electron chi connectivity index (χ2n) is 6.84. The lowest BCUT2D eigenvalue weighted by atomic mass is 10.2.